The lowest BCUT2D eigenvalue weighted by molar-refractivity contribution is -0.0577. The Labute approximate surface area is 182 Å². The lowest BCUT2D eigenvalue weighted by atomic mass is 10.1. The van der Waals surface area contributed by atoms with Crippen LogP contribution in [-0.2, 0) is 36.3 Å². The number of imidazole rings is 1. The van der Waals surface area contributed by atoms with Crippen molar-refractivity contribution in [3.63, 3.8) is 0 Å². The fraction of sp³-hybridized carbons (Fsp3) is 0.545. The molecule has 33 heavy (non-hydrogen) atoms. The number of nitrogens with two attached hydrogens (primary N) is 1. The summed E-state index contributed by atoms with van der Waals surface area (Å²) in [6.07, 6.45) is -4.08. The van der Waals surface area contributed by atoms with E-state index in [1.807, 2.05) is 0 Å². The first-order valence-electron chi connectivity index (χ1n) is 8.49. The molecule has 0 aromatic carbocycles. The molecule has 186 valence electrons. The third-order valence-corrected chi connectivity index (χ3v) is 7.93. The number of hydrogen-bond acceptors (Lipinski definition) is 13. The van der Waals surface area contributed by atoms with E-state index in [9.17, 15) is 33.4 Å². The first-order valence-corrected chi connectivity index (χ1v) is 13.0. The van der Waals surface area contributed by atoms with Crippen LogP contribution in [0.15, 0.2) is 11.1 Å². The Bertz CT molecular complexity index is 1230. The van der Waals surface area contributed by atoms with Gasteiger partial charge in [0.15, 0.2) is 17.4 Å². The molecule has 0 saturated carbocycles. The average Bonchev–Trinajstić information content (AvgIpc) is 3.17. The zero-order chi connectivity index (χ0) is 24.8. The van der Waals surface area contributed by atoms with Crippen LogP contribution < -0.4 is 11.3 Å². The Morgan fingerprint density at radius 2 is 1.88 bits per heavy atom. The molecule has 6 atom stereocenters. The van der Waals surface area contributed by atoms with Gasteiger partial charge in [-0.2, -0.15) is 13.6 Å². The van der Waals surface area contributed by atoms with Gasteiger partial charge in [-0.15, -0.1) is 0 Å². The normalized spacial score (nSPS) is 27.5. The molecule has 1 saturated heterocycles. The quantitative estimate of drug-likeness (QED) is 0.176. The van der Waals surface area contributed by atoms with Gasteiger partial charge in [0.1, 0.15) is 18.3 Å². The number of ether oxygens (including phenoxy) is 2. The minimum Gasteiger partial charge on any atom is -0.387 e. The minimum atomic E-state index is -5.71. The number of H-pyrrole nitrogens is 1. The third-order valence-electron chi connectivity index (χ3n) is 4.13. The highest BCUT2D eigenvalue weighted by molar-refractivity contribution is 7.66. The molecule has 0 aliphatic carbocycles. The van der Waals surface area contributed by atoms with Crippen molar-refractivity contribution in [3.8, 4) is 0 Å². The van der Waals surface area contributed by atoms with Crippen molar-refractivity contribution in [3.05, 3.63) is 16.7 Å². The smallest absolute Gasteiger partial charge is 0.387 e. The van der Waals surface area contributed by atoms with Crippen molar-refractivity contribution in [2.45, 2.75) is 24.5 Å². The number of fused-ring (bicyclic) bond motifs is 1. The lowest BCUT2D eigenvalue weighted by Crippen LogP contribution is -2.35. The predicted octanol–water partition coefficient (Wildman–Crippen LogP) is -1.68. The molecule has 2 aromatic rings. The molecule has 1 fully saturated rings. The van der Waals surface area contributed by atoms with E-state index in [1.54, 1.807) is 0 Å². The predicted molar refractivity (Wildman–Crippen MR) is 103 cm³/mol. The molecule has 0 radical (unpaired) electrons. The summed E-state index contributed by atoms with van der Waals surface area (Å²) in [5, 5.41) is 10.5. The summed E-state index contributed by atoms with van der Waals surface area (Å²) in [6, 6.07) is 0. The molecule has 0 spiro atoms. The number of aromatic nitrogens is 4. The van der Waals surface area contributed by atoms with E-state index in [2.05, 4.69) is 28.1 Å². The number of aliphatic hydroxyl groups excluding tert-OH is 1. The second kappa shape index (κ2) is 9.24. The average molecular weight is 537 g/mol. The van der Waals surface area contributed by atoms with Crippen molar-refractivity contribution < 1.29 is 61.0 Å². The van der Waals surface area contributed by atoms with Crippen molar-refractivity contribution in [1.29, 1.82) is 0 Å². The molecule has 1 aliphatic heterocycles. The van der Waals surface area contributed by atoms with Crippen molar-refractivity contribution in [2.24, 2.45) is 0 Å². The number of aromatic amines is 1. The number of phosphoric acid groups is 3. The Balaban J connectivity index is 1.76. The number of aliphatic hydroxyl groups is 1. The van der Waals surface area contributed by atoms with Gasteiger partial charge in [0.05, 0.1) is 12.9 Å². The SMILES string of the molecule is CO[C@@H]1[C@@H](O)[C@@H](COP(=O)(O)OP(=O)(O)OP(=O)(O)O)O[C@H]1n1cnc2c(=O)[nH]c(N)nc21. The summed E-state index contributed by atoms with van der Waals surface area (Å²) in [5.74, 6) is -0.231. The molecule has 8 N–H and O–H groups in total. The van der Waals surface area contributed by atoms with Gasteiger partial charge in [-0.1, -0.05) is 0 Å². The van der Waals surface area contributed by atoms with Crippen LogP contribution in [-0.4, -0.2) is 76.2 Å². The molecule has 2 aromatic heterocycles. The topological polar surface area (TPSA) is 288 Å². The highest BCUT2D eigenvalue weighted by atomic mass is 31.3. The van der Waals surface area contributed by atoms with E-state index in [0.29, 0.717) is 0 Å². The van der Waals surface area contributed by atoms with Crippen molar-refractivity contribution in [1.82, 2.24) is 19.5 Å². The van der Waals surface area contributed by atoms with Gasteiger partial charge in [0.25, 0.3) is 5.56 Å². The van der Waals surface area contributed by atoms with E-state index < -0.39 is 60.2 Å². The minimum absolute atomic E-state index is 0.0240. The number of nitrogens with one attached hydrogen (secondary N) is 1. The van der Waals surface area contributed by atoms with E-state index in [0.717, 1.165) is 6.33 Å². The molecule has 3 heterocycles. The van der Waals surface area contributed by atoms with Gasteiger partial charge in [-0.05, 0) is 0 Å². The van der Waals surface area contributed by atoms with Crippen LogP contribution in [0.3, 0.4) is 0 Å². The highest BCUT2D eigenvalue weighted by Crippen LogP contribution is 2.66. The second-order valence-electron chi connectivity index (χ2n) is 6.42. The lowest BCUT2D eigenvalue weighted by Gasteiger charge is -2.19. The summed E-state index contributed by atoms with van der Waals surface area (Å²) in [5.41, 5.74) is 4.76. The van der Waals surface area contributed by atoms with Gasteiger partial charge in [-0.25, -0.2) is 18.7 Å². The zero-order valence-electron chi connectivity index (χ0n) is 16.3. The fourth-order valence-electron chi connectivity index (χ4n) is 2.94. The van der Waals surface area contributed by atoms with Crippen LogP contribution in [0, 0.1) is 0 Å². The molecule has 0 bridgehead atoms. The standard InChI is InChI=1S/C11H18N5O14P3/c1-26-7-6(17)4(2-27-32(22,23)30-33(24,25)29-31(19,20)21)28-10(7)16-3-13-5-8(16)14-11(12)15-9(5)18/h3-4,6-7,10,17H,2H2,1H3,(H,22,23)(H,24,25)(H2,19,20,21)(H3,12,14,15,18)/t4-,6+,7-,10-/m1/s1. The molecule has 19 nitrogen and oxygen atoms in total. The fourth-order valence-corrected chi connectivity index (χ4v) is 5.96. The molecule has 1 aliphatic rings. The highest BCUT2D eigenvalue weighted by Gasteiger charge is 2.48. The van der Waals surface area contributed by atoms with Crippen molar-refractivity contribution >= 4 is 40.6 Å². The van der Waals surface area contributed by atoms with Crippen LogP contribution in [0.25, 0.3) is 11.2 Å². The number of rotatable bonds is 9. The third kappa shape index (κ3) is 6.12. The van der Waals surface area contributed by atoms with Crippen LogP contribution >= 0.6 is 23.5 Å². The van der Waals surface area contributed by atoms with E-state index in [1.165, 1.54) is 11.7 Å². The Morgan fingerprint density at radius 3 is 2.48 bits per heavy atom. The number of nitrogen functional groups attached to an aromatic ring is 1. The van der Waals surface area contributed by atoms with E-state index in [-0.39, 0.29) is 17.1 Å². The monoisotopic (exact) mass is 537 g/mol. The summed E-state index contributed by atoms with van der Waals surface area (Å²) in [6.45, 7) is -0.927. The van der Waals surface area contributed by atoms with Crippen LogP contribution in [0.2, 0.25) is 0 Å². The maximum atomic E-state index is 12.0. The van der Waals surface area contributed by atoms with Gasteiger partial charge in [0.2, 0.25) is 5.95 Å². The first-order chi connectivity index (χ1) is 15.1. The molecule has 22 heteroatoms. The number of nitrogens with zero attached hydrogens (tertiary/aromatic N) is 3. The molecule has 2 unspecified atom stereocenters. The van der Waals surface area contributed by atoms with Crippen LogP contribution in [0.4, 0.5) is 5.95 Å². The molecular weight excluding hydrogens is 519 g/mol. The van der Waals surface area contributed by atoms with Crippen LogP contribution in [0.5, 0.6) is 0 Å². The van der Waals surface area contributed by atoms with E-state index in [4.69, 9.17) is 25.0 Å². The van der Waals surface area contributed by atoms with Crippen molar-refractivity contribution in [2.75, 3.05) is 19.5 Å². The maximum absolute atomic E-state index is 12.0. The first kappa shape index (κ1) is 26.1. The number of anilines is 1. The maximum Gasteiger partial charge on any atom is 0.490 e. The number of methoxy groups -OCH3 is 1. The molecule has 3 rings (SSSR count). The largest absolute Gasteiger partial charge is 0.490 e. The Morgan fingerprint density at radius 1 is 1.21 bits per heavy atom. The van der Waals surface area contributed by atoms with Gasteiger partial charge >= 0.3 is 23.5 Å². The van der Waals surface area contributed by atoms with E-state index >= 15 is 0 Å². The zero-order valence-corrected chi connectivity index (χ0v) is 18.9. The molecule has 0 amide bonds. The second-order valence-corrected chi connectivity index (χ2v) is 10.8. The summed E-state index contributed by atoms with van der Waals surface area (Å²) < 4.78 is 57.6. The number of hydrogen-bond donors (Lipinski definition) is 7. The summed E-state index contributed by atoms with van der Waals surface area (Å²) >= 11 is 0. The number of phosphoric ester groups is 1. The molecular formula is C11H18N5O14P3. The van der Waals surface area contributed by atoms with Crippen LogP contribution in [0.1, 0.15) is 6.23 Å². The Kier molecular flexibility index (Phi) is 7.29. The van der Waals surface area contributed by atoms with Gasteiger partial charge in [0, 0.05) is 7.11 Å². The van der Waals surface area contributed by atoms with Gasteiger partial charge < -0.3 is 39.9 Å². The van der Waals surface area contributed by atoms with Gasteiger partial charge in [-0.3, -0.25) is 18.9 Å². The summed E-state index contributed by atoms with van der Waals surface area (Å²) in [7, 11) is -15.5. The Hall–Kier alpha value is -1.56. The summed E-state index contributed by atoms with van der Waals surface area (Å²) in [4.78, 5) is 57.8.